The third kappa shape index (κ3) is 3.08. The first-order valence-electron chi connectivity index (χ1n) is 7.18. The van der Waals surface area contributed by atoms with Crippen molar-refractivity contribution in [1.29, 1.82) is 0 Å². The van der Waals surface area contributed by atoms with Crippen LogP contribution in [0.4, 0.5) is 5.69 Å². The largest absolute Gasteiger partial charge is 0.507 e. The van der Waals surface area contributed by atoms with E-state index in [1.165, 1.54) is 13.2 Å². The maximum atomic E-state index is 11.7. The molecule has 0 aliphatic rings. The molecule has 0 aliphatic carbocycles. The lowest BCUT2D eigenvalue weighted by Gasteiger charge is -2.11. The van der Waals surface area contributed by atoms with Crippen molar-refractivity contribution in [2.24, 2.45) is 0 Å². The van der Waals surface area contributed by atoms with Gasteiger partial charge in [0.15, 0.2) is 5.69 Å². The Hall–Kier alpha value is -3.08. The zero-order valence-corrected chi connectivity index (χ0v) is 12.6. The maximum Gasteiger partial charge on any atom is 0.356 e. The number of hydrogen-bond acceptors (Lipinski definition) is 5. The average Bonchev–Trinajstić information content (AvgIpc) is 2.60. The first-order valence-corrected chi connectivity index (χ1v) is 7.18. The smallest absolute Gasteiger partial charge is 0.356 e. The van der Waals surface area contributed by atoms with Gasteiger partial charge in [-0.05, 0) is 17.7 Å². The molecule has 0 aliphatic heterocycles. The molecular weight excluding hydrogens is 292 g/mol. The van der Waals surface area contributed by atoms with Gasteiger partial charge < -0.3 is 15.2 Å². The molecule has 0 amide bonds. The number of esters is 1. The second-order valence-electron chi connectivity index (χ2n) is 5.06. The number of anilines is 1. The summed E-state index contributed by atoms with van der Waals surface area (Å²) in [5.74, 6) is -0.584. The number of aromatic hydroxyl groups is 1. The molecule has 116 valence electrons. The topological polar surface area (TPSA) is 71.5 Å². The summed E-state index contributed by atoms with van der Waals surface area (Å²) in [4.78, 5) is 16.0. The van der Waals surface area contributed by atoms with Gasteiger partial charge in [0, 0.05) is 18.0 Å². The number of para-hydroxylation sites is 1. The van der Waals surface area contributed by atoms with E-state index < -0.39 is 5.97 Å². The Balaban J connectivity index is 1.99. The van der Waals surface area contributed by atoms with Crippen LogP contribution in [0, 0.1) is 0 Å². The number of methoxy groups -OCH3 is 1. The van der Waals surface area contributed by atoms with E-state index in [2.05, 4.69) is 15.0 Å². The Morgan fingerprint density at radius 3 is 2.70 bits per heavy atom. The number of carbonyl (C=O) groups excluding carboxylic acids is 1. The number of rotatable bonds is 4. The average molecular weight is 308 g/mol. The Morgan fingerprint density at radius 2 is 1.96 bits per heavy atom. The highest BCUT2D eigenvalue weighted by Gasteiger charge is 2.14. The standard InChI is InChI=1S/C18H16N2O3/c1-23-18(22)15-10-16(21)13-8-5-9-14(17(13)20-15)19-11-12-6-3-2-4-7-12/h2-10,19H,11H2,1H3,(H,20,21). The molecule has 3 aromatic rings. The fraction of sp³-hybridized carbons (Fsp3) is 0.111. The number of carbonyl (C=O) groups is 1. The molecule has 0 saturated heterocycles. The summed E-state index contributed by atoms with van der Waals surface area (Å²) in [6.45, 7) is 0.616. The van der Waals surface area contributed by atoms with Crippen molar-refractivity contribution < 1.29 is 14.6 Å². The van der Waals surface area contributed by atoms with Gasteiger partial charge in [-0.15, -0.1) is 0 Å². The number of nitrogens with one attached hydrogen (secondary N) is 1. The molecule has 3 rings (SSSR count). The predicted octanol–water partition coefficient (Wildman–Crippen LogP) is 3.34. The molecule has 0 bridgehead atoms. The van der Waals surface area contributed by atoms with Crippen molar-refractivity contribution in [2.45, 2.75) is 6.54 Å². The molecule has 0 radical (unpaired) electrons. The molecule has 23 heavy (non-hydrogen) atoms. The molecule has 0 atom stereocenters. The van der Waals surface area contributed by atoms with E-state index in [1.54, 1.807) is 6.07 Å². The quantitative estimate of drug-likeness (QED) is 0.723. The third-order valence-electron chi connectivity index (χ3n) is 3.54. The summed E-state index contributed by atoms with van der Waals surface area (Å²) in [5.41, 5.74) is 2.47. The first-order chi connectivity index (χ1) is 11.2. The first kappa shape index (κ1) is 14.8. The molecule has 1 heterocycles. The van der Waals surface area contributed by atoms with E-state index in [4.69, 9.17) is 0 Å². The van der Waals surface area contributed by atoms with Gasteiger partial charge in [0.1, 0.15) is 5.75 Å². The number of hydrogen-bond donors (Lipinski definition) is 2. The Bertz CT molecular complexity index is 848. The number of fused-ring (bicyclic) bond motifs is 1. The number of aromatic nitrogens is 1. The zero-order valence-electron chi connectivity index (χ0n) is 12.6. The minimum atomic E-state index is -0.583. The summed E-state index contributed by atoms with van der Waals surface area (Å²) >= 11 is 0. The van der Waals surface area contributed by atoms with Crippen molar-refractivity contribution in [2.75, 3.05) is 12.4 Å². The van der Waals surface area contributed by atoms with Crippen LogP contribution in [0.3, 0.4) is 0 Å². The van der Waals surface area contributed by atoms with E-state index >= 15 is 0 Å². The highest BCUT2D eigenvalue weighted by atomic mass is 16.5. The molecule has 5 nitrogen and oxygen atoms in total. The van der Waals surface area contributed by atoms with Crippen LogP contribution in [0.2, 0.25) is 0 Å². The fourth-order valence-corrected chi connectivity index (χ4v) is 2.38. The van der Waals surface area contributed by atoms with Crippen molar-refractivity contribution in [1.82, 2.24) is 4.98 Å². The molecule has 0 unspecified atom stereocenters. The van der Waals surface area contributed by atoms with E-state index in [9.17, 15) is 9.90 Å². The van der Waals surface area contributed by atoms with E-state index in [1.807, 2.05) is 42.5 Å². The second-order valence-corrected chi connectivity index (χ2v) is 5.06. The summed E-state index contributed by atoms with van der Waals surface area (Å²) < 4.78 is 4.68. The van der Waals surface area contributed by atoms with E-state index in [-0.39, 0.29) is 11.4 Å². The SMILES string of the molecule is COC(=O)c1cc(O)c2cccc(NCc3ccccc3)c2n1. The van der Waals surface area contributed by atoms with Crippen LogP contribution in [-0.4, -0.2) is 23.2 Å². The number of benzene rings is 2. The van der Waals surface area contributed by atoms with Crippen molar-refractivity contribution >= 4 is 22.6 Å². The predicted molar refractivity (Wildman–Crippen MR) is 88.5 cm³/mol. The number of pyridine rings is 1. The van der Waals surface area contributed by atoms with Crippen LogP contribution in [-0.2, 0) is 11.3 Å². The summed E-state index contributed by atoms with van der Waals surface area (Å²) in [6, 6.07) is 16.7. The molecule has 2 N–H and O–H groups in total. The lowest BCUT2D eigenvalue weighted by Crippen LogP contribution is -2.06. The number of ether oxygens (including phenoxy) is 1. The Kier molecular flexibility index (Phi) is 4.10. The monoisotopic (exact) mass is 308 g/mol. The lowest BCUT2D eigenvalue weighted by atomic mass is 10.1. The highest BCUT2D eigenvalue weighted by molar-refractivity contribution is 5.98. The van der Waals surface area contributed by atoms with Crippen LogP contribution in [0.1, 0.15) is 16.1 Å². The van der Waals surface area contributed by atoms with Crippen molar-refractivity contribution in [3.05, 3.63) is 65.9 Å². The third-order valence-corrected chi connectivity index (χ3v) is 3.54. The molecule has 0 spiro atoms. The van der Waals surface area contributed by atoms with Gasteiger partial charge in [-0.2, -0.15) is 0 Å². The van der Waals surface area contributed by atoms with Gasteiger partial charge in [-0.3, -0.25) is 0 Å². The zero-order chi connectivity index (χ0) is 16.2. The van der Waals surface area contributed by atoms with Gasteiger partial charge >= 0.3 is 5.97 Å². The van der Waals surface area contributed by atoms with Crippen LogP contribution < -0.4 is 5.32 Å². The van der Waals surface area contributed by atoms with Crippen molar-refractivity contribution in [3.8, 4) is 5.75 Å². The normalized spacial score (nSPS) is 10.5. The molecule has 0 fully saturated rings. The van der Waals surface area contributed by atoms with Crippen LogP contribution >= 0.6 is 0 Å². The Morgan fingerprint density at radius 1 is 1.17 bits per heavy atom. The van der Waals surface area contributed by atoms with Crippen LogP contribution in [0.5, 0.6) is 5.75 Å². The van der Waals surface area contributed by atoms with Crippen molar-refractivity contribution in [3.63, 3.8) is 0 Å². The van der Waals surface area contributed by atoms with Gasteiger partial charge in [0.05, 0.1) is 18.3 Å². The molecule has 2 aromatic carbocycles. The van der Waals surface area contributed by atoms with Crippen LogP contribution in [0.25, 0.3) is 10.9 Å². The fourth-order valence-electron chi connectivity index (χ4n) is 2.38. The molecule has 1 aromatic heterocycles. The lowest BCUT2D eigenvalue weighted by molar-refractivity contribution is 0.0594. The summed E-state index contributed by atoms with van der Waals surface area (Å²) in [7, 11) is 1.28. The molecule has 0 saturated carbocycles. The van der Waals surface area contributed by atoms with Crippen LogP contribution in [0.15, 0.2) is 54.6 Å². The van der Waals surface area contributed by atoms with Gasteiger partial charge in [-0.1, -0.05) is 36.4 Å². The number of nitrogens with zero attached hydrogens (tertiary/aromatic N) is 1. The second kappa shape index (κ2) is 6.36. The molecule has 5 heteroatoms. The van der Waals surface area contributed by atoms with E-state index in [0.29, 0.717) is 17.4 Å². The summed E-state index contributed by atoms with van der Waals surface area (Å²) in [6.07, 6.45) is 0. The highest BCUT2D eigenvalue weighted by Crippen LogP contribution is 2.29. The van der Waals surface area contributed by atoms with Gasteiger partial charge in [0.2, 0.25) is 0 Å². The van der Waals surface area contributed by atoms with Gasteiger partial charge in [0.25, 0.3) is 0 Å². The Labute approximate surface area is 133 Å². The minimum Gasteiger partial charge on any atom is -0.507 e. The minimum absolute atomic E-state index is 0.00115. The molecular formula is C18H16N2O3. The van der Waals surface area contributed by atoms with Gasteiger partial charge in [-0.25, -0.2) is 9.78 Å². The summed E-state index contributed by atoms with van der Waals surface area (Å²) in [5, 5.41) is 14.0. The maximum absolute atomic E-state index is 11.7. The van der Waals surface area contributed by atoms with E-state index in [0.717, 1.165) is 11.3 Å².